The summed E-state index contributed by atoms with van der Waals surface area (Å²) in [6.07, 6.45) is 6.97. The van der Waals surface area contributed by atoms with Gasteiger partial charge in [0.25, 0.3) is 0 Å². The van der Waals surface area contributed by atoms with Gasteiger partial charge < -0.3 is 15.3 Å². The van der Waals surface area contributed by atoms with E-state index in [1.54, 1.807) is 36.4 Å². The number of benzene rings is 3. The number of phenolic OH excluding ortho intramolecular Hbond substituents is 3. The van der Waals surface area contributed by atoms with E-state index in [2.05, 4.69) is 19.1 Å². The standard InChI is InChI=1S/C25H26O3/c1-25(20-8-14-23(27)15-9-20,21-10-16-24(28)17-11-21)18-4-2-3-5-19-6-12-22(26)13-7-19/h2-3,6-17,26-28H,4-5,18H2,1H3/b3-2+. The van der Waals surface area contributed by atoms with Gasteiger partial charge in [-0.15, -0.1) is 0 Å². The van der Waals surface area contributed by atoms with Crippen LogP contribution < -0.4 is 0 Å². The summed E-state index contributed by atoms with van der Waals surface area (Å²) in [5.41, 5.74) is 3.18. The molecule has 0 unspecified atom stereocenters. The average molecular weight is 374 g/mol. The van der Waals surface area contributed by atoms with Crippen LogP contribution in [0.25, 0.3) is 0 Å². The van der Waals surface area contributed by atoms with Crippen LogP contribution in [-0.4, -0.2) is 15.3 Å². The highest BCUT2D eigenvalue weighted by molar-refractivity contribution is 5.42. The number of hydrogen-bond donors (Lipinski definition) is 3. The fourth-order valence-corrected chi connectivity index (χ4v) is 3.46. The van der Waals surface area contributed by atoms with Crippen molar-refractivity contribution in [3.05, 3.63) is 102 Å². The van der Waals surface area contributed by atoms with Gasteiger partial charge in [-0.1, -0.05) is 55.5 Å². The Kier molecular flexibility index (Phi) is 6.05. The summed E-state index contributed by atoms with van der Waals surface area (Å²) in [5.74, 6) is 0.794. The van der Waals surface area contributed by atoms with Crippen molar-refractivity contribution in [1.29, 1.82) is 0 Å². The molecule has 0 atom stereocenters. The molecule has 28 heavy (non-hydrogen) atoms. The largest absolute Gasteiger partial charge is 0.508 e. The number of allylic oxidation sites excluding steroid dienone is 2. The maximum absolute atomic E-state index is 9.64. The van der Waals surface area contributed by atoms with Crippen molar-refractivity contribution in [3.63, 3.8) is 0 Å². The lowest BCUT2D eigenvalue weighted by molar-refractivity contribution is 0.471. The van der Waals surface area contributed by atoms with E-state index in [4.69, 9.17) is 0 Å². The molecule has 3 aromatic carbocycles. The van der Waals surface area contributed by atoms with Crippen LogP contribution in [0.1, 0.15) is 36.5 Å². The molecule has 0 aliphatic rings. The van der Waals surface area contributed by atoms with Gasteiger partial charge in [0.05, 0.1) is 0 Å². The van der Waals surface area contributed by atoms with Gasteiger partial charge in [-0.3, -0.25) is 0 Å². The number of hydrogen-bond acceptors (Lipinski definition) is 3. The Bertz CT molecular complexity index is 862. The van der Waals surface area contributed by atoms with E-state index in [0.29, 0.717) is 0 Å². The molecule has 3 nitrogen and oxygen atoms in total. The Morgan fingerprint density at radius 2 is 1.07 bits per heavy atom. The Morgan fingerprint density at radius 1 is 0.643 bits per heavy atom. The van der Waals surface area contributed by atoms with Crippen LogP contribution in [-0.2, 0) is 11.8 Å². The predicted molar refractivity (Wildman–Crippen MR) is 113 cm³/mol. The zero-order valence-corrected chi connectivity index (χ0v) is 16.0. The van der Waals surface area contributed by atoms with Gasteiger partial charge >= 0.3 is 0 Å². The number of aromatic hydroxyl groups is 3. The minimum Gasteiger partial charge on any atom is -0.508 e. The van der Waals surface area contributed by atoms with Gasteiger partial charge in [-0.2, -0.15) is 0 Å². The molecule has 0 saturated heterocycles. The highest BCUT2D eigenvalue weighted by Crippen LogP contribution is 2.37. The molecule has 0 amide bonds. The van der Waals surface area contributed by atoms with Crippen LogP contribution in [0.15, 0.2) is 84.9 Å². The van der Waals surface area contributed by atoms with E-state index in [1.165, 1.54) is 0 Å². The Labute approximate surface area is 166 Å². The average Bonchev–Trinajstić information content (AvgIpc) is 2.70. The maximum Gasteiger partial charge on any atom is 0.115 e. The SMILES string of the molecule is CC(CC/C=C/Cc1ccc(O)cc1)(c1ccc(O)cc1)c1ccc(O)cc1. The van der Waals surface area contributed by atoms with Crippen LogP contribution >= 0.6 is 0 Å². The van der Waals surface area contributed by atoms with E-state index in [0.717, 1.165) is 36.0 Å². The summed E-state index contributed by atoms with van der Waals surface area (Å²) in [6, 6.07) is 22.0. The minimum absolute atomic E-state index is 0.232. The molecule has 144 valence electrons. The highest BCUT2D eigenvalue weighted by Gasteiger charge is 2.28. The van der Waals surface area contributed by atoms with Crippen molar-refractivity contribution >= 4 is 0 Å². The fourth-order valence-electron chi connectivity index (χ4n) is 3.46. The summed E-state index contributed by atoms with van der Waals surface area (Å²) in [7, 11) is 0. The zero-order chi connectivity index (χ0) is 20.0. The molecule has 0 radical (unpaired) electrons. The molecule has 0 bridgehead atoms. The summed E-state index contributed by atoms with van der Waals surface area (Å²) in [6.45, 7) is 2.19. The van der Waals surface area contributed by atoms with E-state index in [-0.39, 0.29) is 22.7 Å². The summed E-state index contributed by atoms with van der Waals surface area (Å²) in [5, 5.41) is 28.6. The fraction of sp³-hybridized carbons (Fsp3) is 0.200. The molecule has 3 N–H and O–H groups in total. The van der Waals surface area contributed by atoms with Gasteiger partial charge in [0, 0.05) is 5.41 Å². The highest BCUT2D eigenvalue weighted by atomic mass is 16.3. The molecule has 0 aliphatic carbocycles. The maximum atomic E-state index is 9.64. The first kappa shape index (κ1) is 19.6. The van der Waals surface area contributed by atoms with Crippen molar-refractivity contribution in [2.75, 3.05) is 0 Å². The Hall–Kier alpha value is -3.20. The second kappa shape index (κ2) is 8.66. The van der Waals surface area contributed by atoms with Crippen LogP contribution in [0, 0.1) is 0 Å². The normalized spacial score (nSPS) is 11.8. The van der Waals surface area contributed by atoms with Crippen molar-refractivity contribution in [2.45, 2.75) is 31.6 Å². The molecule has 0 saturated carbocycles. The molecule has 0 aromatic heterocycles. The number of phenols is 3. The van der Waals surface area contributed by atoms with Crippen molar-refractivity contribution in [3.8, 4) is 17.2 Å². The van der Waals surface area contributed by atoms with E-state index in [9.17, 15) is 15.3 Å². The van der Waals surface area contributed by atoms with Crippen molar-refractivity contribution < 1.29 is 15.3 Å². The van der Waals surface area contributed by atoms with Gasteiger partial charge in [0.15, 0.2) is 0 Å². The van der Waals surface area contributed by atoms with Crippen LogP contribution in [0.3, 0.4) is 0 Å². The lowest BCUT2D eigenvalue weighted by Crippen LogP contribution is -2.23. The predicted octanol–water partition coefficient (Wildman–Crippen LogP) is 5.69. The molecule has 0 spiro atoms. The van der Waals surface area contributed by atoms with Crippen LogP contribution in [0.4, 0.5) is 0 Å². The Balaban J connectivity index is 1.73. The monoisotopic (exact) mass is 374 g/mol. The molecule has 3 aromatic rings. The molecular weight excluding hydrogens is 348 g/mol. The summed E-state index contributed by atoms with van der Waals surface area (Å²) in [4.78, 5) is 0. The third kappa shape index (κ3) is 4.74. The summed E-state index contributed by atoms with van der Waals surface area (Å²) >= 11 is 0. The number of rotatable bonds is 7. The minimum atomic E-state index is -0.232. The smallest absolute Gasteiger partial charge is 0.115 e. The molecule has 0 fully saturated rings. The third-order valence-corrected chi connectivity index (χ3v) is 5.28. The summed E-state index contributed by atoms with van der Waals surface area (Å²) < 4.78 is 0. The van der Waals surface area contributed by atoms with Gasteiger partial charge in [-0.05, 0) is 72.4 Å². The van der Waals surface area contributed by atoms with Gasteiger partial charge in [0.2, 0.25) is 0 Å². The lowest BCUT2D eigenvalue weighted by Gasteiger charge is -2.31. The second-order valence-electron chi connectivity index (χ2n) is 7.31. The van der Waals surface area contributed by atoms with E-state index in [1.807, 2.05) is 36.4 Å². The topological polar surface area (TPSA) is 60.7 Å². The van der Waals surface area contributed by atoms with Crippen LogP contribution in [0.5, 0.6) is 17.2 Å². The molecule has 3 heteroatoms. The lowest BCUT2D eigenvalue weighted by atomic mass is 9.73. The molecular formula is C25H26O3. The van der Waals surface area contributed by atoms with E-state index < -0.39 is 0 Å². The second-order valence-corrected chi connectivity index (χ2v) is 7.31. The van der Waals surface area contributed by atoms with Crippen molar-refractivity contribution in [2.24, 2.45) is 0 Å². The van der Waals surface area contributed by atoms with Crippen molar-refractivity contribution in [1.82, 2.24) is 0 Å². The zero-order valence-electron chi connectivity index (χ0n) is 16.0. The van der Waals surface area contributed by atoms with Crippen LogP contribution in [0.2, 0.25) is 0 Å². The van der Waals surface area contributed by atoms with Gasteiger partial charge in [-0.25, -0.2) is 0 Å². The van der Waals surface area contributed by atoms with E-state index >= 15 is 0 Å². The Morgan fingerprint density at radius 3 is 1.54 bits per heavy atom. The first-order valence-corrected chi connectivity index (χ1v) is 9.49. The molecule has 0 aliphatic heterocycles. The third-order valence-electron chi connectivity index (χ3n) is 5.28. The molecule has 0 heterocycles. The first-order chi connectivity index (χ1) is 13.5. The quantitative estimate of drug-likeness (QED) is 0.466. The van der Waals surface area contributed by atoms with Gasteiger partial charge in [0.1, 0.15) is 17.2 Å². The molecule has 3 rings (SSSR count). The first-order valence-electron chi connectivity index (χ1n) is 9.49.